The molecular weight excluding hydrogens is 681 g/mol. The summed E-state index contributed by atoms with van der Waals surface area (Å²) in [6.07, 6.45) is 1.56. The van der Waals surface area contributed by atoms with Gasteiger partial charge in [-0.15, -0.1) is 11.8 Å². The van der Waals surface area contributed by atoms with Crippen LogP contribution in [0.3, 0.4) is 0 Å². The van der Waals surface area contributed by atoms with E-state index in [4.69, 9.17) is 32.7 Å². The number of carbonyl (C=O) groups excluding carboxylic acids is 3. The van der Waals surface area contributed by atoms with E-state index in [0.717, 1.165) is 10.5 Å². The number of thioether (sulfide) groups is 1. The van der Waals surface area contributed by atoms with Crippen molar-refractivity contribution in [2.24, 2.45) is 0 Å². The Morgan fingerprint density at radius 1 is 0.735 bits per heavy atom. The summed E-state index contributed by atoms with van der Waals surface area (Å²) in [6, 6.07) is 35.2. The van der Waals surface area contributed by atoms with Gasteiger partial charge in [0.1, 0.15) is 22.4 Å². The number of amides is 3. The highest BCUT2D eigenvalue weighted by atomic mass is 35.5. The Morgan fingerprint density at radius 2 is 1.41 bits per heavy atom. The monoisotopic (exact) mass is 711 g/mol. The third kappa shape index (κ3) is 9.45. The topological polar surface area (TPSA) is 106 Å². The molecule has 5 aromatic carbocycles. The molecule has 3 N–H and O–H groups in total. The predicted octanol–water partition coefficient (Wildman–Crippen LogP) is 8.89. The Balaban J connectivity index is 1.34. The van der Waals surface area contributed by atoms with Gasteiger partial charge in [-0.3, -0.25) is 14.4 Å². The van der Waals surface area contributed by atoms with Gasteiger partial charge in [0.2, 0.25) is 5.91 Å². The molecule has 0 saturated carbocycles. The van der Waals surface area contributed by atoms with Crippen molar-refractivity contribution in [1.29, 1.82) is 0 Å². The molecule has 1 unspecified atom stereocenters. The van der Waals surface area contributed by atoms with Crippen molar-refractivity contribution >= 4 is 70.1 Å². The molecule has 0 aliphatic carbocycles. The third-order valence-electron chi connectivity index (χ3n) is 7.13. The van der Waals surface area contributed by atoms with Gasteiger partial charge in [0.25, 0.3) is 11.8 Å². The van der Waals surface area contributed by atoms with Crippen molar-refractivity contribution in [2.75, 3.05) is 24.9 Å². The molecule has 0 heterocycles. The summed E-state index contributed by atoms with van der Waals surface area (Å²) in [6.45, 7) is 0. The van der Waals surface area contributed by atoms with E-state index in [1.54, 1.807) is 97.1 Å². The summed E-state index contributed by atoms with van der Waals surface area (Å²) in [7, 11) is 2.99. The lowest BCUT2D eigenvalue weighted by Crippen LogP contribution is -2.30. The molecule has 0 spiro atoms. The molecule has 0 fully saturated rings. The smallest absolute Gasteiger partial charge is 0.272 e. The molecule has 5 rings (SSSR count). The van der Waals surface area contributed by atoms with Crippen LogP contribution in [0.1, 0.15) is 26.7 Å². The Labute approximate surface area is 298 Å². The number of hydrogen-bond donors (Lipinski definition) is 3. The molecule has 0 aliphatic rings. The average Bonchev–Trinajstić information content (AvgIpc) is 3.11. The molecule has 5 aromatic rings. The van der Waals surface area contributed by atoms with E-state index in [0.29, 0.717) is 44.0 Å². The Morgan fingerprint density at radius 3 is 2.06 bits per heavy atom. The molecule has 1 atom stereocenters. The first kappa shape index (κ1) is 35.1. The van der Waals surface area contributed by atoms with Crippen LogP contribution in [0.2, 0.25) is 10.0 Å². The van der Waals surface area contributed by atoms with Crippen LogP contribution in [-0.4, -0.2) is 31.9 Å². The third-order valence-corrected chi connectivity index (χ3v) is 8.92. The fourth-order valence-electron chi connectivity index (χ4n) is 4.71. The molecule has 0 radical (unpaired) electrons. The second kappa shape index (κ2) is 16.7. The zero-order valence-electron chi connectivity index (χ0n) is 26.4. The van der Waals surface area contributed by atoms with Gasteiger partial charge in [0.15, 0.2) is 0 Å². The lowest BCUT2D eigenvalue weighted by molar-refractivity contribution is -0.116. The zero-order valence-corrected chi connectivity index (χ0v) is 28.7. The second-order valence-corrected chi connectivity index (χ2v) is 12.5. The van der Waals surface area contributed by atoms with E-state index in [2.05, 4.69) is 16.0 Å². The number of rotatable bonds is 12. The van der Waals surface area contributed by atoms with Crippen LogP contribution in [-0.2, 0) is 9.59 Å². The Bertz CT molecular complexity index is 1970. The quantitative estimate of drug-likeness (QED) is 0.0882. The maximum Gasteiger partial charge on any atom is 0.272 e. The fraction of sp³-hybridized carbons (Fsp3) is 0.0789. The van der Waals surface area contributed by atoms with Crippen molar-refractivity contribution in [3.05, 3.63) is 154 Å². The van der Waals surface area contributed by atoms with Gasteiger partial charge in [-0.25, -0.2) is 0 Å². The number of hydrogen-bond acceptors (Lipinski definition) is 6. The average molecular weight is 713 g/mol. The normalized spacial score (nSPS) is 11.6. The highest BCUT2D eigenvalue weighted by molar-refractivity contribution is 8.00. The Kier molecular flexibility index (Phi) is 12.0. The summed E-state index contributed by atoms with van der Waals surface area (Å²) in [5, 5.41) is 8.68. The number of anilines is 2. The predicted molar refractivity (Wildman–Crippen MR) is 197 cm³/mol. The van der Waals surface area contributed by atoms with E-state index in [-0.39, 0.29) is 11.6 Å². The standard InChI is InChI=1S/C38H31Cl2N3O5S/c1-47-33-23-34(48-2)31(22-30(33)40)42-38(46)35(25-11-5-3-6-12-25)49-29-18-16-28(17-19-29)41-37(45)32(21-24-10-9-15-27(39)20-24)43-36(44)26-13-7-4-8-14-26/h3-23,35H,1-2H3,(H,41,45)(H,42,46)(H,43,44)/b32-21-. The van der Waals surface area contributed by atoms with E-state index < -0.39 is 17.1 Å². The lowest BCUT2D eigenvalue weighted by atomic mass is 10.1. The zero-order chi connectivity index (χ0) is 34.8. The van der Waals surface area contributed by atoms with Crippen LogP contribution in [0, 0.1) is 0 Å². The summed E-state index contributed by atoms with van der Waals surface area (Å²) < 4.78 is 10.7. The number of methoxy groups -OCH3 is 2. The number of halogens is 2. The number of benzene rings is 5. The van der Waals surface area contributed by atoms with Crippen molar-refractivity contribution < 1.29 is 23.9 Å². The molecule has 11 heteroatoms. The van der Waals surface area contributed by atoms with Crippen LogP contribution in [0.5, 0.6) is 11.5 Å². The van der Waals surface area contributed by atoms with Gasteiger partial charge in [0.05, 0.1) is 24.9 Å². The van der Waals surface area contributed by atoms with E-state index >= 15 is 0 Å². The van der Waals surface area contributed by atoms with Gasteiger partial charge >= 0.3 is 0 Å². The van der Waals surface area contributed by atoms with Crippen molar-refractivity contribution in [3.63, 3.8) is 0 Å². The molecule has 0 bridgehead atoms. The molecule has 0 saturated heterocycles. The minimum absolute atomic E-state index is 0.0319. The molecule has 0 aliphatic heterocycles. The van der Waals surface area contributed by atoms with Crippen molar-refractivity contribution in [3.8, 4) is 11.5 Å². The maximum atomic E-state index is 13.7. The van der Waals surface area contributed by atoms with Gasteiger partial charge in [0, 0.05) is 27.2 Å². The molecule has 8 nitrogen and oxygen atoms in total. The van der Waals surface area contributed by atoms with Crippen LogP contribution in [0.15, 0.2) is 132 Å². The largest absolute Gasteiger partial charge is 0.495 e. The molecule has 0 aromatic heterocycles. The maximum absolute atomic E-state index is 13.7. The van der Waals surface area contributed by atoms with E-state index in [1.807, 2.05) is 30.3 Å². The van der Waals surface area contributed by atoms with Crippen LogP contribution in [0.4, 0.5) is 11.4 Å². The van der Waals surface area contributed by atoms with Crippen LogP contribution in [0.25, 0.3) is 6.08 Å². The first-order valence-electron chi connectivity index (χ1n) is 14.9. The fourth-order valence-corrected chi connectivity index (χ4v) is 6.18. The molecule has 248 valence electrons. The Hall–Kier alpha value is -5.22. The van der Waals surface area contributed by atoms with Gasteiger partial charge in [-0.1, -0.05) is 83.9 Å². The summed E-state index contributed by atoms with van der Waals surface area (Å²) in [5.74, 6) is -0.439. The van der Waals surface area contributed by atoms with Crippen molar-refractivity contribution in [2.45, 2.75) is 10.1 Å². The van der Waals surface area contributed by atoms with E-state index in [9.17, 15) is 14.4 Å². The van der Waals surface area contributed by atoms with Gasteiger partial charge < -0.3 is 25.4 Å². The van der Waals surface area contributed by atoms with Gasteiger partial charge in [-0.05, 0) is 71.8 Å². The van der Waals surface area contributed by atoms with Crippen molar-refractivity contribution in [1.82, 2.24) is 5.32 Å². The van der Waals surface area contributed by atoms with E-state index in [1.165, 1.54) is 26.0 Å². The highest BCUT2D eigenvalue weighted by Crippen LogP contribution is 2.40. The minimum atomic E-state index is -0.646. The summed E-state index contributed by atoms with van der Waals surface area (Å²) >= 11 is 13.8. The summed E-state index contributed by atoms with van der Waals surface area (Å²) in [4.78, 5) is 41.0. The minimum Gasteiger partial charge on any atom is -0.495 e. The first-order valence-corrected chi connectivity index (χ1v) is 16.6. The molecule has 49 heavy (non-hydrogen) atoms. The number of nitrogens with one attached hydrogen (secondary N) is 3. The number of carbonyl (C=O) groups is 3. The first-order chi connectivity index (χ1) is 23.7. The lowest BCUT2D eigenvalue weighted by Gasteiger charge is -2.19. The van der Waals surface area contributed by atoms with Crippen LogP contribution < -0.4 is 25.4 Å². The number of ether oxygens (including phenoxy) is 2. The highest BCUT2D eigenvalue weighted by Gasteiger charge is 2.24. The molecular formula is C38H31Cl2N3O5S. The van der Waals surface area contributed by atoms with Crippen LogP contribution >= 0.6 is 35.0 Å². The van der Waals surface area contributed by atoms with Gasteiger partial charge in [-0.2, -0.15) is 0 Å². The second-order valence-electron chi connectivity index (χ2n) is 10.5. The summed E-state index contributed by atoms with van der Waals surface area (Å²) in [5.41, 5.74) is 2.74. The molecule has 3 amide bonds. The SMILES string of the molecule is COc1cc(OC)c(NC(=O)C(Sc2ccc(NC(=O)/C(=C/c3cccc(Cl)c3)NC(=O)c3ccccc3)cc2)c2ccccc2)cc1Cl.